The Bertz CT molecular complexity index is 285. The van der Waals surface area contributed by atoms with Crippen LogP contribution in [0, 0.1) is 5.92 Å². The van der Waals surface area contributed by atoms with Crippen molar-refractivity contribution < 1.29 is 13.2 Å². The van der Waals surface area contributed by atoms with E-state index in [9.17, 15) is 13.2 Å². The molecule has 20 heavy (non-hydrogen) atoms. The molecule has 118 valence electrons. The molecule has 0 amide bonds. The van der Waals surface area contributed by atoms with Crippen molar-refractivity contribution in [2.24, 2.45) is 5.92 Å². The monoisotopic (exact) mass is 292 g/mol. The molecular formula is C15H27F3N2. The molecule has 1 saturated carbocycles. The van der Waals surface area contributed by atoms with E-state index in [0.717, 1.165) is 32.5 Å². The summed E-state index contributed by atoms with van der Waals surface area (Å²) in [7, 11) is 0. The molecule has 1 atom stereocenters. The van der Waals surface area contributed by atoms with Crippen molar-refractivity contribution in [2.75, 3.05) is 19.6 Å². The second kappa shape index (κ2) is 7.12. The maximum Gasteiger partial charge on any atom is 0.391 e. The quantitative estimate of drug-likeness (QED) is 0.855. The second-order valence-corrected chi connectivity index (χ2v) is 6.32. The van der Waals surface area contributed by atoms with Gasteiger partial charge < -0.3 is 10.2 Å². The lowest BCUT2D eigenvalue weighted by atomic mass is 9.85. The van der Waals surface area contributed by atoms with Crippen LogP contribution in [0.3, 0.4) is 0 Å². The van der Waals surface area contributed by atoms with Crippen molar-refractivity contribution in [2.45, 2.75) is 70.1 Å². The fourth-order valence-electron chi connectivity index (χ4n) is 3.56. The van der Waals surface area contributed by atoms with Crippen molar-refractivity contribution in [3.8, 4) is 0 Å². The van der Waals surface area contributed by atoms with Crippen LogP contribution in [0.2, 0.25) is 0 Å². The standard InChI is InChI=1S/C15H27F3N2/c1-2-20-10-3-4-13(9-11-20)19-14-7-5-12(6-8-14)15(16,17)18/h12-14,19H,2-11H2,1H3. The van der Waals surface area contributed by atoms with Crippen LogP contribution in [0.15, 0.2) is 0 Å². The first-order valence-electron chi connectivity index (χ1n) is 8.04. The van der Waals surface area contributed by atoms with Crippen molar-refractivity contribution in [3.63, 3.8) is 0 Å². The molecule has 1 aliphatic carbocycles. The minimum absolute atomic E-state index is 0.298. The Morgan fingerprint density at radius 3 is 2.20 bits per heavy atom. The molecule has 0 aromatic heterocycles. The molecule has 0 bridgehead atoms. The van der Waals surface area contributed by atoms with Gasteiger partial charge in [0.15, 0.2) is 0 Å². The lowest BCUT2D eigenvalue weighted by Gasteiger charge is -2.32. The summed E-state index contributed by atoms with van der Waals surface area (Å²) in [6.45, 7) is 5.57. The third-order valence-corrected chi connectivity index (χ3v) is 4.93. The lowest BCUT2D eigenvalue weighted by molar-refractivity contribution is -0.182. The van der Waals surface area contributed by atoms with Crippen LogP contribution in [0.25, 0.3) is 0 Å². The Hall–Kier alpha value is -0.290. The van der Waals surface area contributed by atoms with E-state index in [4.69, 9.17) is 0 Å². The average molecular weight is 292 g/mol. The summed E-state index contributed by atoms with van der Waals surface area (Å²) in [5.41, 5.74) is 0. The first-order chi connectivity index (χ1) is 9.49. The number of alkyl halides is 3. The van der Waals surface area contributed by atoms with E-state index in [0.29, 0.717) is 37.8 Å². The van der Waals surface area contributed by atoms with Gasteiger partial charge in [-0.2, -0.15) is 13.2 Å². The number of halogens is 3. The zero-order valence-corrected chi connectivity index (χ0v) is 12.4. The number of nitrogens with zero attached hydrogens (tertiary/aromatic N) is 1. The maximum atomic E-state index is 12.6. The van der Waals surface area contributed by atoms with Crippen molar-refractivity contribution in [3.05, 3.63) is 0 Å². The first kappa shape index (κ1) is 16.1. The van der Waals surface area contributed by atoms with Crippen LogP contribution in [-0.2, 0) is 0 Å². The summed E-state index contributed by atoms with van der Waals surface area (Å²) in [5.74, 6) is -1.06. The minimum atomic E-state index is -3.99. The highest BCUT2D eigenvalue weighted by Gasteiger charge is 2.41. The summed E-state index contributed by atoms with van der Waals surface area (Å²) in [5, 5.41) is 3.62. The predicted octanol–water partition coefficient (Wildman–Crippen LogP) is 3.57. The van der Waals surface area contributed by atoms with E-state index in [2.05, 4.69) is 17.1 Å². The molecule has 1 heterocycles. The molecular weight excluding hydrogens is 265 g/mol. The average Bonchev–Trinajstić information content (AvgIpc) is 2.63. The fourth-order valence-corrected chi connectivity index (χ4v) is 3.56. The fraction of sp³-hybridized carbons (Fsp3) is 1.00. The Balaban J connectivity index is 1.72. The topological polar surface area (TPSA) is 15.3 Å². The van der Waals surface area contributed by atoms with Crippen LogP contribution >= 0.6 is 0 Å². The normalized spacial score (nSPS) is 33.9. The lowest BCUT2D eigenvalue weighted by Crippen LogP contribution is -2.42. The molecule has 2 fully saturated rings. The van der Waals surface area contributed by atoms with Gasteiger partial charge in [-0.1, -0.05) is 6.92 Å². The van der Waals surface area contributed by atoms with Gasteiger partial charge in [0.25, 0.3) is 0 Å². The van der Waals surface area contributed by atoms with E-state index in [1.54, 1.807) is 0 Å². The van der Waals surface area contributed by atoms with E-state index in [-0.39, 0.29) is 0 Å². The Morgan fingerprint density at radius 1 is 0.950 bits per heavy atom. The van der Waals surface area contributed by atoms with Crippen LogP contribution in [0.5, 0.6) is 0 Å². The summed E-state index contributed by atoms with van der Waals surface area (Å²) < 4.78 is 37.9. The minimum Gasteiger partial charge on any atom is -0.311 e. The molecule has 5 heteroatoms. The van der Waals surface area contributed by atoms with Gasteiger partial charge in [0.1, 0.15) is 0 Å². The second-order valence-electron chi connectivity index (χ2n) is 6.32. The highest BCUT2D eigenvalue weighted by molar-refractivity contribution is 4.84. The van der Waals surface area contributed by atoms with Gasteiger partial charge in [0.05, 0.1) is 5.92 Å². The molecule has 1 aliphatic heterocycles. The van der Waals surface area contributed by atoms with Gasteiger partial charge in [0.2, 0.25) is 0 Å². The summed E-state index contributed by atoms with van der Waals surface area (Å²) >= 11 is 0. The van der Waals surface area contributed by atoms with Gasteiger partial charge in [-0.15, -0.1) is 0 Å². The molecule has 0 aromatic carbocycles. The van der Waals surface area contributed by atoms with E-state index >= 15 is 0 Å². The van der Waals surface area contributed by atoms with E-state index < -0.39 is 12.1 Å². The third kappa shape index (κ3) is 4.62. The van der Waals surface area contributed by atoms with Crippen molar-refractivity contribution >= 4 is 0 Å². The Labute approximate surface area is 120 Å². The Kier molecular flexibility index (Phi) is 5.73. The maximum absolute atomic E-state index is 12.6. The first-order valence-corrected chi connectivity index (χ1v) is 8.04. The third-order valence-electron chi connectivity index (χ3n) is 4.93. The van der Waals surface area contributed by atoms with Gasteiger partial charge in [-0.05, 0) is 64.6 Å². The van der Waals surface area contributed by atoms with E-state index in [1.165, 1.54) is 6.42 Å². The van der Waals surface area contributed by atoms with Gasteiger partial charge in [-0.3, -0.25) is 0 Å². The molecule has 1 unspecified atom stereocenters. The molecule has 0 aromatic rings. The summed E-state index contributed by atoms with van der Waals surface area (Å²) in [6, 6.07) is 0.797. The van der Waals surface area contributed by atoms with Crippen molar-refractivity contribution in [1.82, 2.24) is 10.2 Å². The van der Waals surface area contributed by atoms with Gasteiger partial charge >= 0.3 is 6.18 Å². The summed E-state index contributed by atoms with van der Waals surface area (Å²) in [4.78, 5) is 2.46. The molecule has 0 radical (unpaired) electrons. The predicted molar refractivity (Wildman–Crippen MR) is 74.7 cm³/mol. The molecule has 2 aliphatic rings. The van der Waals surface area contributed by atoms with Crippen LogP contribution in [0.4, 0.5) is 13.2 Å². The zero-order valence-electron chi connectivity index (χ0n) is 12.4. The highest BCUT2D eigenvalue weighted by Crippen LogP contribution is 2.37. The van der Waals surface area contributed by atoms with Crippen LogP contribution < -0.4 is 5.32 Å². The van der Waals surface area contributed by atoms with Gasteiger partial charge in [0, 0.05) is 12.1 Å². The SMILES string of the molecule is CCN1CCCC(NC2CCC(C(F)(F)F)CC2)CC1. The molecule has 0 spiro atoms. The highest BCUT2D eigenvalue weighted by atomic mass is 19.4. The molecule has 2 nitrogen and oxygen atoms in total. The van der Waals surface area contributed by atoms with E-state index in [1.807, 2.05) is 0 Å². The summed E-state index contributed by atoms with van der Waals surface area (Å²) in [6.07, 6.45) is 1.46. The molecule has 2 rings (SSSR count). The number of hydrogen-bond donors (Lipinski definition) is 1. The zero-order chi connectivity index (χ0) is 14.6. The number of likely N-dealkylation sites (tertiary alicyclic amines) is 1. The number of rotatable bonds is 3. The van der Waals surface area contributed by atoms with Crippen molar-refractivity contribution in [1.29, 1.82) is 0 Å². The van der Waals surface area contributed by atoms with Crippen LogP contribution in [-0.4, -0.2) is 42.8 Å². The largest absolute Gasteiger partial charge is 0.391 e. The number of nitrogens with one attached hydrogen (secondary N) is 1. The van der Waals surface area contributed by atoms with Gasteiger partial charge in [-0.25, -0.2) is 0 Å². The van der Waals surface area contributed by atoms with Crippen LogP contribution in [0.1, 0.15) is 51.9 Å². The number of hydrogen-bond acceptors (Lipinski definition) is 2. The Morgan fingerprint density at radius 2 is 1.60 bits per heavy atom. The molecule has 1 saturated heterocycles. The smallest absolute Gasteiger partial charge is 0.311 e. The molecule has 1 N–H and O–H groups in total.